The minimum Gasteiger partial charge on any atom is -0.475 e. The van der Waals surface area contributed by atoms with E-state index >= 15 is 0 Å². The first kappa shape index (κ1) is 29.5. The molecule has 9 nitrogen and oxygen atoms in total. The van der Waals surface area contributed by atoms with Gasteiger partial charge in [-0.05, 0) is 30.7 Å². The van der Waals surface area contributed by atoms with Crippen molar-refractivity contribution in [1.29, 1.82) is 0 Å². The first-order chi connectivity index (χ1) is 16.7. The molecular formula is C20H24F6N4O5S. The molecule has 1 aliphatic carbocycles. The predicted octanol–water partition coefficient (Wildman–Crippen LogP) is 3.76. The van der Waals surface area contributed by atoms with Crippen LogP contribution in [-0.2, 0) is 33.8 Å². The highest BCUT2D eigenvalue weighted by Crippen LogP contribution is 2.35. The number of carboxylic acids is 2. The Morgan fingerprint density at radius 1 is 1.14 bits per heavy atom. The van der Waals surface area contributed by atoms with Crippen LogP contribution in [0, 0.1) is 5.92 Å². The summed E-state index contributed by atoms with van der Waals surface area (Å²) in [4.78, 5) is 24.7. The van der Waals surface area contributed by atoms with E-state index in [1.807, 2.05) is 11.6 Å². The third-order valence-corrected chi connectivity index (χ3v) is 5.91. The molecule has 1 saturated carbocycles. The molecule has 2 aromatic heterocycles. The van der Waals surface area contributed by atoms with Crippen LogP contribution >= 0.6 is 11.3 Å². The van der Waals surface area contributed by atoms with Gasteiger partial charge in [0, 0.05) is 31.8 Å². The average molecular weight is 546 g/mol. The molecule has 0 amide bonds. The molecule has 0 aromatic carbocycles. The molecule has 1 aliphatic heterocycles. The Bertz CT molecular complexity index is 968. The number of nitrogens with zero attached hydrogens (tertiary/aromatic N) is 4. The molecule has 2 aromatic rings. The van der Waals surface area contributed by atoms with Gasteiger partial charge in [0.25, 0.3) is 0 Å². The predicted molar refractivity (Wildman–Crippen MR) is 113 cm³/mol. The number of carboxylic acid groups (broad SMARTS) is 2. The van der Waals surface area contributed by atoms with Crippen LogP contribution in [-0.4, -0.2) is 74.4 Å². The maximum absolute atomic E-state index is 10.6. The van der Waals surface area contributed by atoms with E-state index in [4.69, 9.17) is 24.5 Å². The van der Waals surface area contributed by atoms with Crippen LogP contribution in [0.5, 0.6) is 0 Å². The number of aliphatic carboxylic acids is 2. The molecule has 202 valence electrons. The zero-order chi connectivity index (χ0) is 27.1. The molecular weight excluding hydrogens is 522 g/mol. The minimum atomic E-state index is -5.08. The Morgan fingerprint density at radius 3 is 2.17 bits per heavy atom. The van der Waals surface area contributed by atoms with Gasteiger partial charge in [-0.1, -0.05) is 0 Å². The second kappa shape index (κ2) is 12.5. The summed E-state index contributed by atoms with van der Waals surface area (Å²) in [6.45, 7) is 3.74. The van der Waals surface area contributed by atoms with Crippen LogP contribution < -0.4 is 0 Å². The molecule has 0 radical (unpaired) electrons. The molecule has 4 rings (SSSR count). The van der Waals surface area contributed by atoms with Crippen LogP contribution in [0.3, 0.4) is 0 Å². The van der Waals surface area contributed by atoms with E-state index in [1.54, 1.807) is 18.4 Å². The van der Waals surface area contributed by atoms with Gasteiger partial charge in [0.2, 0.25) is 0 Å². The first-order valence-corrected chi connectivity index (χ1v) is 11.4. The van der Waals surface area contributed by atoms with E-state index in [2.05, 4.69) is 25.9 Å². The van der Waals surface area contributed by atoms with Gasteiger partial charge in [0.05, 0.1) is 31.1 Å². The summed E-state index contributed by atoms with van der Waals surface area (Å²) in [6.07, 6.45) is -2.43. The summed E-state index contributed by atoms with van der Waals surface area (Å²) in [5.41, 5.74) is 2.77. The summed E-state index contributed by atoms with van der Waals surface area (Å²) in [6, 6.07) is 0.291. The van der Waals surface area contributed by atoms with Gasteiger partial charge in [-0.3, -0.25) is 9.58 Å². The SMILES string of the molecule is COCC1c2c(cnn2CC2CC2)CCN1Cc1nccs1.O=C(O)C(F)(F)F.O=C(O)C(F)(F)F. The van der Waals surface area contributed by atoms with Crippen LogP contribution in [0.15, 0.2) is 17.8 Å². The van der Waals surface area contributed by atoms with Gasteiger partial charge in [-0.2, -0.15) is 31.4 Å². The lowest BCUT2D eigenvalue weighted by Gasteiger charge is -2.35. The smallest absolute Gasteiger partial charge is 0.475 e. The van der Waals surface area contributed by atoms with Gasteiger partial charge < -0.3 is 14.9 Å². The number of thiazole rings is 1. The van der Waals surface area contributed by atoms with Gasteiger partial charge in [0.15, 0.2) is 0 Å². The van der Waals surface area contributed by atoms with Gasteiger partial charge in [-0.25, -0.2) is 14.6 Å². The Balaban J connectivity index is 0.000000271. The number of fused-ring (bicyclic) bond motifs is 1. The number of aromatic nitrogens is 3. The van der Waals surface area contributed by atoms with Crippen molar-refractivity contribution in [1.82, 2.24) is 19.7 Å². The normalized spacial score (nSPS) is 17.8. The maximum Gasteiger partial charge on any atom is 0.490 e. The number of rotatable bonds is 6. The average Bonchev–Trinajstić information content (AvgIpc) is 3.26. The van der Waals surface area contributed by atoms with Crippen LogP contribution in [0.2, 0.25) is 0 Å². The highest BCUT2D eigenvalue weighted by atomic mass is 32.1. The van der Waals surface area contributed by atoms with Gasteiger partial charge in [0.1, 0.15) is 5.01 Å². The number of carbonyl (C=O) groups is 2. The van der Waals surface area contributed by atoms with Crippen molar-refractivity contribution in [3.63, 3.8) is 0 Å². The minimum absolute atomic E-state index is 0.291. The van der Waals surface area contributed by atoms with Crippen LogP contribution in [0.1, 0.15) is 35.1 Å². The summed E-state index contributed by atoms with van der Waals surface area (Å²) < 4.78 is 71.2. The maximum atomic E-state index is 10.6. The largest absolute Gasteiger partial charge is 0.490 e. The Kier molecular flexibility index (Phi) is 10.2. The van der Waals surface area contributed by atoms with Crippen molar-refractivity contribution in [2.75, 3.05) is 20.3 Å². The molecule has 3 heterocycles. The van der Waals surface area contributed by atoms with E-state index in [1.165, 1.54) is 29.1 Å². The van der Waals surface area contributed by atoms with Crippen molar-refractivity contribution < 1.29 is 50.9 Å². The zero-order valence-corrected chi connectivity index (χ0v) is 19.7. The number of ether oxygens (including phenoxy) is 1. The standard InChI is InChI=1S/C16H22N4OS.2C2HF3O2/c1-21-11-14-16-13(8-18-20(16)9-12-2-3-12)4-6-19(14)10-15-17-5-7-22-15;2*3-2(4,5)1(6)7/h5,7-8,12,14H,2-4,6,9-11H2,1H3;2*(H,6,7). The molecule has 0 saturated heterocycles. The fourth-order valence-electron chi connectivity index (χ4n) is 3.33. The summed E-state index contributed by atoms with van der Waals surface area (Å²) in [5, 5.41) is 22.1. The molecule has 1 unspecified atom stereocenters. The molecule has 36 heavy (non-hydrogen) atoms. The quantitative estimate of drug-likeness (QED) is 0.526. The molecule has 2 N–H and O–H groups in total. The fourth-order valence-corrected chi connectivity index (χ4v) is 3.97. The van der Waals surface area contributed by atoms with Crippen molar-refractivity contribution >= 4 is 23.3 Å². The van der Waals surface area contributed by atoms with Gasteiger partial charge in [-0.15, -0.1) is 11.3 Å². The van der Waals surface area contributed by atoms with E-state index < -0.39 is 24.3 Å². The Hall–Kier alpha value is -2.72. The monoisotopic (exact) mass is 546 g/mol. The van der Waals surface area contributed by atoms with E-state index in [9.17, 15) is 26.3 Å². The van der Waals surface area contributed by atoms with Crippen molar-refractivity contribution in [3.8, 4) is 0 Å². The van der Waals surface area contributed by atoms with Crippen LogP contribution in [0.25, 0.3) is 0 Å². The van der Waals surface area contributed by atoms with Crippen molar-refractivity contribution in [2.45, 2.75) is 50.7 Å². The number of methoxy groups -OCH3 is 1. The van der Waals surface area contributed by atoms with Crippen molar-refractivity contribution in [2.24, 2.45) is 5.92 Å². The lowest BCUT2D eigenvalue weighted by Crippen LogP contribution is -2.38. The fraction of sp³-hybridized carbons (Fsp3) is 0.600. The Morgan fingerprint density at radius 2 is 1.72 bits per heavy atom. The molecule has 0 bridgehead atoms. The zero-order valence-electron chi connectivity index (χ0n) is 18.9. The second-order valence-corrected chi connectivity index (χ2v) is 8.88. The molecule has 16 heteroatoms. The molecule has 1 atom stereocenters. The van der Waals surface area contributed by atoms with E-state index in [0.717, 1.165) is 32.0 Å². The van der Waals surface area contributed by atoms with Crippen LogP contribution in [0.4, 0.5) is 26.3 Å². The highest BCUT2D eigenvalue weighted by molar-refractivity contribution is 7.09. The highest BCUT2D eigenvalue weighted by Gasteiger charge is 2.39. The second-order valence-electron chi connectivity index (χ2n) is 7.90. The first-order valence-electron chi connectivity index (χ1n) is 10.5. The Labute approximate surface area is 205 Å². The number of alkyl halides is 6. The van der Waals surface area contributed by atoms with Gasteiger partial charge >= 0.3 is 24.3 Å². The third kappa shape index (κ3) is 9.05. The lowest BCUT2D eigenvalue weighted by atomic mass is 10.00. The summed E-state index contributed by atoms with van der Waals surface area (Å²) >= 11 is 1.73. The number of hydrogen-bond acceptors (Lipinski definition) is 7. The van der Waals surface area contributed by atoms with E-state index in [-0.39, 0.29) is 0 Å². The molecule has 2 aliphatic rings. The molecule has 0 spiro atoms. The molecule has 1 fully saturated rings. The third-order valence-electron chi connectivity index (χ3n) is 5.14. The number of hydrogen-bond donors (Lipinski definition) is 2. The number of halogens is 6. The summed E-state index contributed by atoms with van der Waals surface area (Å²) in [7, 11) is 1.79. The van der Waals surface area contributed by atoms with Crippen molar-refractivity contribution in [3.05, 3.63) is 34.0 Å². The topological polar surface area (TPSA) is 118 Å². The van der Waals surface area contributed by atoms with E-state index in [0.29, 0.717) is 12.6 Å². The summed E-state index contributed by atoms with van der Waals surface area (Å²) in [5.74, 6) is -4.68. The lowest BCUT2D eigenvalue weighted by molar-refractivity contribution is -0.193.